The molecule has 138 valence electrons. The Kier molecular flexibility index (Phi) is 4.12. The Labute approximate surface area is 159 Å². The second-order valence-corrected chi connectivity index (χ2v) is 7.39. The first kappa shape index (κ1) is 17.8. The Bertz CT molecular complexity index is 1250. The van der Waals surface area contributed by atoms with Crippen molar-refractivity contribution in [1.29, 1.82) is 0 Å². The monoisotopic (exact) mass is 410 g/mol. The second kappa shape index (κ2) is 6.24. The number of nitrogens with zero attached hydrogens (tertiary/aromatic N) is 2. The van der Waals surface area contributed by atoms with Gasteiger partial charge in [-0.3, -0.25) is 4.79 Å². The number of benzene rings is 2. The highest BCUT2D eigenvalue weighted by atomic mass is 35.5. The molecule has 4 nitrogen and oxygen atoms in total. The van der Waals surface area contributed by atoms with Crippen molar-refractivity contribution in [3.63, 3.8) is 0 Å². The zero-order valence-electron chi connectivity index (χ0n) is 13.7. The number of carbonyl (C=O) groups is 1. The molecule has 0 saturated heterocycles. The van der Waals surface area contributed by atoms with Gasteiger partial charge in [-0.15, -0.1) is 11.3 Å². The maximum absolute atomic E-state index is 14.1. The molecule has 2 heterocycles. The van der Waals surface area contributed by atoms with Crippen molar-refractivity contribution in [3.05, 3.63) is 52.4 Å². The minimum atomic E-state index is -1.31. The van der Waals surface area contributed by atoms with E-state index in [2.05, 4.69) is 4.98 Å². The van der Waals surface area contributed by atoms with E-state index >= 15 is 0 Å². The topological polar surface area (TPSA) is 55.1 Å². The third-order valence-electron chi connectivity index (χ3n) is 4.31. The van der Waals surface area contributed by atoms with Gasteiger partial charge in [0.15, 0.2) is 11.6 Å². The lowest BCUT2D eigenvalue weighted by Crippen LogP contribution is -2.09. The number of hydrogen-bond acceptors (Lipinski definition) is 3. The number of hydrogen-bond donors (Lipinski definition) is 1. The van der Waals surface area contributed by atoms with Gasteiger partial charge in [-0.2, -0.15) is 0 Å². The zero-order valence-corrected chi connectivity index (χ0v) is 15.3. The molecule has 1 N–H and O–H groups in total. The molecule has 0 amide bonds. The summed E-state index contributed by atoms with van der Waals surface area (Å²) >= 11 is 6.95. The van der Waals surface area contributed by atoms with Crippen LogP contribution in [0, 0.1) is 24.4 Å². The summed E-state index contributed by atoms with van der Waals surface area (Å²) in [5.74, 6) is -4.48. The van der Waals surface area contributed by atoms with Crippen LogP contribution in [0.15, 0.2) is 24.3 Å². The molecule has 2 aromatic heterocycles. The van der Waals surface area contributed by atoms with E-state index in [1.165, 1.54) is 0 Å². The standard InChI is InChI=1S/C18H10ClF3N2O2S/c1-7-14(9-4-8(19)2-3-12(9)24(7)6-13(25)26)18-23-16-15(22)10(20)5-11(21)17(16)27-18/h2-5H,6H2,1H3,(H,25,26). The number of thiazole rings is 1. The van der Waals surface area contributed by atoms with Gasteiger partial charge in [0.05, 0.1) is 4.70 Å². The van der Waals surface area contributed by atoms with E-state index in [1.54, 1.807) is 29.7 Å². The smallest absolute Gasteiger partial charge is 0.323 e. The van der Waals surface area contributed by atoms with Crippen LogP contribution < -0.4 is 0 Å². The number of carboxylic acid groups (broad SMARTS) is 1. The number of aliphatic carboxylic acids is 1. The van der Waals surface area contributed by atoms with Crippen LogP contribution in [0.2, 0.25) is 5.02 Å². The predicted octanol–water partition coefficient (Wildman–Crippen LogP) is 5.38. The highest BCUT2D eigenvalue weighted by Crippen LogP contribution is 2.41. The van der Waals surface area contributed by atoms with Crippen molar-refractivity contribution in [3.8, 4) is 10.6 Å². The first-order valence-corrected chi connectivity index (χ1v) is 8.92. The molecule has 0 bridgehead atoms. The number of rotatable bonds is 3. The van der Waals surface area contributed by atoms with Crippen molar-refractivity contribution >= 4 is 50.0 Å². The Morgan fingerprint density at radius 3 is 2.70 bits per heavy atom. The van der Waals surface area contributed by atoms with Gasteiger partial charge < -0.3 is 9.67 Å². The highest BCUT2D eigenvalue weighted by Gasteiger charge is 2.23. The van der Waals surface area contributed by atoms with Gasteiger partial charge in [-0.05, 0) is 25.1 Å². The lowest BCUT2D eigenvalue weighted by atomic mass is 10.1. The number of carboxylic acids is 1. The minimum Gasteiger partial charge on any atom is -0.480 e. The molecule has 0 saturated carbocycles. The molecule has 9 heteroatoms. The van der Waals surface area contributed by atoms with Gasteiger partial charge in [-0.1, -0.05) is 11.6 Å². The summed E-state index contributed by atoms with van der Waals surface area (Å²) in [6.45, 7) is 1.39. The van der Waals surface area contributed by atoms with Crippen LogP contribution in [0.25, 0.3) is 31.7 Å². The summed E-state index contributed by atoms with van der Waals surface area (Å²) in [4.78, 5) is 15.3. The van der Waals surface area contributed by atoms with Crippen molar-refractivity contribution in [2.24, 2.45) is 0 Å². The van der Waals surface area contributed by atoms with Gasteiger partial charge in [0, 0.05) is 33.2 Å². The summed E-state index contributed by atoms with van der Waals surface area (Å²) in [5, 5.41) is 10.5. The second-order valence-electron chi connectivity index (χ2n) is 5.95. The van der Waals surface area contributed by atoms with Crippen molar-refractivity contribution in [2.75, 3.05) is 0 Å². The number of fused-ring (bicyclic) bond motifs is 2. The zero-order chi connectivity index (χ0) is 19.5. The van der Waals surface area contributed by atoms with E-state index < -0.39 is 28.9 Å². The molecule has 0 unspecified atom stereocenters. The quantitative estimate of drug-likeness (QED) is 0.461. The molecule has 0 spiro atoms. The predicted molar refractivity (Wildman–Crippen MR) is 97.8 cm³/mol. The lowest BCUT2D eigenvalue weighted by Gasteiger charge is -2.04. The maximum atomic E-state index is 14.1. The first-order chi connectivity index (χ1) is 12.8. The molecule has 0 aliphatic carbocycles. The molecule has 27 heavy (non-hydrogen) atoms. The van der Waals surface area contributed by atoms with E-state index in [4.69, 9.17) is 11.6 Å². The fourth-order valence-corrected chi connectivity index (χ4v) is 4.40. The molecule has 0 aliphatic heterocycles. The van der Waals surface area contributed by atoms with Crippen LogP contribution in [-0.4, -0.2) is 20.6 Å². The van der Waals surface area contributed by atoms with Crippen LogP contribution in [0.3, 0.4) is 0 Å². The fraction of sp³-hybridized carbons (Fsp3) is 0.111. The Hall–Kier alpha value is -2.58. The minimum absolute atomic E-state index is 0.107. The Balaban J connectivity index is 2.07. The van der Waals surface area contributed by atoms with Crippen LogP contribution in [-0.2, 0) is 11.3 Å². The van der Waals surface area contributed by atoms with E-state index in [1.807, 2.05) is 0 Å². The van der Waals surface area contributed by atoms with Crippen LogP contribution in [0.5, 0.6) is 0 Å². The van der Waals surface area contributed by atoms with E-state index in [0.29, 0.717) is 33.2 Å². The van der Waals surface area contributed by atoms with Gasteiger partial charge in [-0.25, -0.2) is 18.2 Å². The molecule has 4 rings (SSSR count). The summed E-state index contributed by atoms with van der Waals surface area (Å²) < 4.78 is 43.1. The fourth-order valence-electron chi connectivity index (χ4n) is 3.15. The molecular weight excluding hydrogens is 401 g/mol. The largest absolute Gasteiger partial charge is 0.480 e. The van der Waals surface area contributed by atoms with E-state index in [0.717, 1.165) is 11.3 Å². The summed E-state index contributed by atoms with van der Waals surface area (Å²) in [6.07, 6.45) is 0. The van der Waals surface area contributed by atoms with Crippen molar-refractivity contribution in [1.82, 2.24) is 9.55 Å². The lowest BCUT2D eigenvalue weighted by molar-refractivity contribution is -0.137. The molecule has 0 radical (unpaired) electrons. The number of halogens is 4. The molecule has 0 fully saturated rings. The molecule has 4 aromatic rings. The van der Waals surface area contributed by atoms with Gasteiger partial charge in [0.2, 0.25) is 0 Å². The summed E-state index contributed by atoms with van der Waals surface area (Å²) in [7, 11) is 0. The maximum Gasteiger partial charge on any atom is 0.323 e. The van der Waals surface area contributed by atoms with Crippen LogP contribution in [0.4, 0.5) is 13.2 Å². The van der Waals surface area contributed by atoms with Gasteiger partial charge >= 0.3 is 5.97 Å². The molecule has 0 atom stereocenters. The highest BCUT2D eigenvalue weighted by molar-refractivity contribution is 7.21. The molecule has 0 aliphatic rings. The van der Waals surface area contributed by atoms with E-state index in [9.17, 15) is 23.1 Å². The average Bonchev–Trinajstić information content (AvgIpc) is 3.13. The molecule has 2 aromatic carbocycles. The Morgan fingerprint density at radius 1 is 1.26 bits per heavy atom. The van der Waals surface area contributed by atoms with Gasteiger partial charge in [0.1, 0.15) is 22.9 Å². The van der Waals surface area contributed by atoms with Crippen molar-refractivity contribution in [2.45, 2.75) is 13.5 Å². The SMILES string of the molecule is Cc1c(-c2nc3c(F)c(F)cc(F)c3s2)c2cc(Cl)ccc2n1CC(=O)O. The molecular formula is C18H10ClF3N2O2S. The van der Waals surface area contributed by atoms with Crippen LogP contribution in [0.1, 0.15) is 5.69 Å². The first-order valence-electron chi connectivity index (χ1n) is 7.72. The van der Waals surface area contributed by atoms with Crippen LogP contribution >= 0.6 is 22.9 Å². The number of aromatic nitrogens is 2. The normalized spacial score (nSPS) is 11.6. The third-order valence-corrected chi connectivity index (χ3v) is 5.62. The Morgan fingerprint density at radius 2 is 2.00 bits per heavy atom. The van der Waals surface area contributed by atoms with E-state index in [-0.39, 0.29) is 16.3 Å². The summed E-state index contributed by atoms with van der Waals surface area (Å²) in [5.41, 5.74) is 1.26. The average molecular weight is 411 g/mol. The van der Waals surface area contributed by atoms with Crippen molar-refractivity contribution < 1.29 is 23.1 Å². The third kappa shape index (κ3) is 2.76. The van der Waals surface area contributed by atoms with Gasteiger partial charge in [0.25, 0.3) is 0 Å². The summed E-state index contributed by atoms with van der Waals surface area (Å²) in [6, 6.07) is 5.41.